The minimum atomic E-state index is -1.07. The van der Waals surface area contributed by atoms with E-state index in [9.17, 15) is 4.79 Å². The maximum Gasteiger partial charge on any atom is 0.328 e. The lowest BCUT2D eigenvalue weighted by Gasteiger charge is -2.14. The van der Waals surface area contributed by atoms with Gasteiger partial charge in [0.2, 0.25) is 5.88 Å². The SMILES string of the molecule is COCCOc1cc(/C=C/C(=O)O)c(N)c(NSOc2ccccn2)c1. The quantitative estimate of drug-likeness (QED) is 0.189. The maximum absolute atomic E-state index is 10.8. The summed E-state index contributed by atoms with van der Waals surface area (Å²) in [5, 5.41) is 8.82. The van der Waals surface area contributed by atoms with Crippen LogP contribution in [0.2, 0.25) is 0 Å². The number of rotatable bonds is 10. The number of methoxy groups -OCH3 is 1. The summed E-state index contributed by atoms with van der Waals surface area (Å²) in [6.45, 7) is 0.768. The standard InChI is InChI=1S/C17H19N3O5S/c1-23-8-9-24-13-10-12(5-6-16(21)22)17(18)14(11-13)20-26-25-15-4-2-3-7-19-15/h2-7,10-11,20H,8-9,18H2,1H3,(H,21,22)/b6-5+. The summed E-state index contributed by atoms with van der Waals surface area (Å²) >= 11 is 0.931. The molecule has 0 saturated carbocycles. The van der Waals surface area contributed by atoms with Gasteiger partial charge >= 0.3 is 5.97 Å². The summed E-state index contributed by atoms with van der Waals surface area (Å²) in [6, 6.07) is 8.64. The Morgan fingerprint density at radius 1 is 1.38 bits per heavy atom. The van der Waals surface area contributed by atoms with Gasteiger partial charge in [0, 0.05) is 37.1 Å². The minimum Gasteiger partial charge on any atom is -0.491 e. The highest BCUT2D eigenvalue weighted by atomic mass is 32.2. The Morgan fingerprint density at radius 3 is 2.92 bits per heavy atom. The molecule has 9 heteroatoms. The normalized spacial score (nSPS) is 10.7. The van der Waals surface area contributed by atoms with Gasteiger partial charge in [-0.2, -0.15) is 0 Å². The molecule has 2 rings (SSSR count). The molecule has 2 aromatic rings. The highest BCUT2D eigenvalue weighted by Crippen LogP contribution is 2.32. The second kappa shape index (κ2) is 10.2. The highest BCUT2D eigenvalue weighted by molar-refractivity contribution is 7.96. The fraction of sp³-hybridized carbons (Fsp3) is 0.176. The number of pyridine rings is 1. The molecule has 0 spiro atoms. The molecule has 0 fully saturated rings. The molecule has 4 N–H and O–H groups in total. The molecule has 1 heterocycles. The van der Waals surface area contributed by atoms with Crippen LogP contribution in [0.5, 0.6) is 11.6 Å². The van der Waals surface area contributed by atoms with Gasteiger partial charge in [-0.05, 0) is 18.2 Å². The Kier molecular flexibility index (Phi) is 7.59. The largest absolute Gasteiger partial charge is 0.491 e. The van der Waals surface area contributed by atoms with Crippen molar-refractivity contribution in [2.24, 2.45) is 0 Å². The van der Waals surface area contributed by atoms with Gasteiger partial charge in [-0.15, -0.1) is 0 Å². The van der Waals surface area contributed by atoms with Crippen molar-refractivity contribution in [3.63, 3.8) is 0 Å². The average Bonchev–Trinajstić information content (AvgIpc) is 2.63. The number of aliphatic carboxylic acids is 1. The molecule has 1 aromatic carbocycles. The number of carboxylic acid groups (broad SMARTS) is 1. The van der Waals surface area contributed by atoms with E-state index in [2.05, 4.69) is 9.71 Å². The van der Waals surface area contributed by atoms with E-state index in [1.54, 1.807) is 43.6 Å². The zero-order chi connectivity index (χ0) is 18.8. The van der Waals surface area contributed by atoms with Gasteiger partial charge in [-0.25, -0.2) is 9.78 Å². The number of carboxylic acids is 1. The van der Waals surface area contributed by atoms with Crippen LogP contribution in [0.15, 0.2) is 42.6 Å². The lowest BCUT2D eigenvalue weighted by atomic mass is 10.1. The first-order chi connectivity index (χ1) is 12.6. The van der Waals surface area contributed by atoms with Crippen LogP contribution in [-0.4, -0.2) is 36.4 Å². The van der Waals surface area contributed by atoms with Gasteiger partial charge in [0.05, 0.1) is 18.0 Å². The van der Waals surface area contributed by atoms with Crippen molar-refractivity contribution in [3.05, 3.63) is 48.2 Å². The molecule has 0 aliphatic rings. The Hall–Kier alpha value is -2.91. The molecule has 26 heavy (non-hydrogen) atoms. The van der Waals surface area contributed by atoms with E-state index in [1.807, 2.05) is 0 Å². The van der Waals surface area contributed by atoms with E-state index in [0.717, 1.165) is 18.3 Å². The first kappa shape index (κ1) is 19.4. The Morgan fingerprint density at radius 2 is 2.23 bits per heavy atom. The Labute approximate surface area is 155 Å². The molecule has 0 aliphatic heterocycles. The molecular formula is C17H19N3O5S. The number of nitrogen functional groups attached to an aromatic ring is 1. The number of hydrogen-bond acceptors (Lipinski definition) is 8. The highest BCUT2D eigenvalue weighted by Gasteiger charge is 2.09. The predicted octanol–water partition coefficient (Wildman–Crippen LogP) is 2.84. The molecule has 0 saturated heterocycles. The molecule has 0 bridgehead atoms. The van der Waals surface area contributed by atoms with Crippen LogP contribution in [0.1, 0.15) is 5.56 Å². The zero-order valence-corrected chi connectivity index (χ0v) is 14.9. The molecular weight excluding hydrogens is 358 g/mol. The average molecular weight is 377 g/mol. The monoisotopic (exact) mass is 377 g/mol. The maximum atomic E-state index is 10.8. The van der Waals surface area contributed by atoms with E-state index < -0.39 is 5.97 Å². The van der Waals surface area contributed by atoms with Gasteiger partial charge in [-0.1, -0.05) is 6.07 Å². The number of benzene rings is 1. The second-order valence-corrected chi connectivity index (χ2v) is 5.46. The van der Waals surface area contributed by atoms with Crippen molar-refractivity contribution in [2.75, 3.05) is 30.8 Å². The van der Waals surface area contributed by atoms with Gasteiger partial charge < -0.3 is 24.5 Å². The molecule has 0 unspecified atom stereocenters. The zero-order valence-electron chi connectivity index (χ0n) is 14.0. The minimum absolute atomic E-state index is 0.347. The summed E-state index contributed by atoms with van der Waals surface area (Å²) in [4.78, 5) is 14.8. The molecule has 1 aromatic heterocycles. The van der Waals surface area contributed by atoms with Crippen LogP contribution >= 0.6 is 12.2 Å². The van der Waals surface area contributed by atoms with Crippen LogP contribution in [0.25, 0.3) is 6.08 Å². The van der Waals surface area contributed by atoms with Gasteiger partial charge in [-0.3, -0.25) is 4.72 Å². The molecule has 8 nitrogen and oxygen atoms in total. The third-order valence-corrected chi connectivity index (χ3v) is 3.62. The molecule has 0 radical (unpaired) electrons. The number of ether oxygens (including phenoxy) is 2. The topological polar surface area (TPSA) is 116 Å². The van der Waals surface area contributed by atoms with E-state index in [-0.39, 0.29) is 0 Å². The van der Waals surface area contributed by atoms with Crippen molar-refractivity contribution in [1.82, 2.24) is 4.98 Å². The second-order valence-electron chi connectivity index (χ2n) is 4.92. The lowest BCUT2D eigenvalue weighted by Crippen LogP contribution is -2.06. The summed E-state index contributed by atoms with van der Waals surface area (Å²) in [5.74, 6) is -0.123. The fourth-order valence-electron chi connectivity index (χ4n) is 1.86. The number of hydrogen-bond donors (Lipinski definition) is 3. The number of nitrogens with zero attached hydrogens (tertiary/aromatic N) is 1. The van der Waals surface area contributed by atoms with E-state index in [0.29, 0.717) is 41.8 Å². The van der Waals surface area contributed by atoms with Gasteiger partial charge in [0.25, 0.3) is 0 Å². The summed E-state index contributed by atoms with van der Waals surface area (Å²) < 4.78 is 18.9. The fourth-order valence-corrected chi connectivity index (χ4v) is 2.35. The van der Waals surface area contributed by atoms with Crippen LogP contribution < -0.4 is 19.4 Å². The third-order valence-electron chi connectivity index (χ3n) is 3.06. The third kappa shape index (κ3) is 6.19. The van der Waals surface area contributed by atoms with Crippen molar-refractivity contribution >= 4 is 35.6 Å². The van der Waals surface area contributed by atoms with Crippen LogP contribution in [0.4, 0.5) is 11.4 Å². The van der Waals surface area contributed by atoms with Crippen molar-refractivity contribution < 1.29 is 23.6 Å². The van der Waals surface area contributed by atoms with Gasteiger partial charge in [0.15, 0.2) is 12.2 Å². The molecule has 0 atom stereocenters. The molecule has 138 valence electrons. The summed E-state index contributed by atoms with van der Waals surface area (Å²) in [6.07, 6.45) is 4.02. The van der Waals surface area contributed by atoms with Crippen LogP contribution in [-0.2, 0) is 9.53 Å². The number of anilines is 2. The van der Waals surface area contributed by atoms with E-state index in [1.165, 1.54) is 6.08 Å². The van der Waals surface area contributed by atoms with E-state index in [4.69, 9.17) is 24.5 Å². The number of aromatic nitrogens is 1. The van der Waals surface area contributed by atoms with E-state index >= 15 is 0 Å². The van der Waals surface area contributed by atoms with Crippen molar-refractivity contribution in [2.45, 2.75) is 0 Å². The van der Waals surface area contributed by atoms with Crippen LogP contribution in [0.3, 0.4) is 0 Å². The van der Waals surface area contributed by atoms with Gasteiger partial charge in [0.1, 0.15) is 12.4 Å². The molecule has 0 aliphatic carbocycles. The number of nitrogens with one attached hydrogen (secondary N) is 1. The summed E-state index contributed by atoms with van der Waals surface area (Å²) in [5.41, 5.74) is 7.48. The Balaban J connectivity index is 2.14. The van der Waals surface area contributed by atoms with Crippen molar-refractivity contribution in [3.8, 4) is 11.6 Å². The first-order valence-corrected chi connectivity index (χ1v) is 8.31. The molecule has 0 amide bonds. The lowest BCUT2D eigenvalue weighted by molar-refractivity contribution is -0.131. The predicted molar refractivity (Wildman–Crippen MR) is 101 cm³/mol. The smallest absolute Gasteiger partial charge is 0.328 e. The van der Waals surface area contributed by atoms with Crippen molar-refractivity contribution in [1.29, 1.82) is 0 Å². The summed E-state index contributed by atoms with van der Waals surface area (Å²) in [7, 11) is 1.58. The van der Waals surface area contributed by atoms with Crippen LogP contribution in [0, 0.1) is 0 Å². The Bertz CT molecular complexity index is 756. The number of carbonyl (C=O) groups is 1. The first-order valence-electron chi connectivity index (χ1n) is 7.57. The number of nitrogens with two attached hydrogens (primary N) is 1.